The maximum atomic E-state index is 12.1. The first kappa shape index (κ1) is 12.8. The molecule has 0 aliphatic rings. The van der Waals surface area contributed by atoms with Gasteiger partial charge in [0.05, 0.1) is 16.5 Å². The molecule has 2 aromatic rings. The van der Waals surface area contributed by atoms with Crippen LogP contribution in [0, 0.1) is 0 Å². The van der Waals surface area contributed by atoms with Crippen molar-refractivity contribution in [2.45, 2.75) is 18.7 Å². The van der Waals surface area contributed by atoms with E-state index < -0.39 is 0 Å². The number of nitrogens with one attached hydrogen (secondary N) is 1. The summed E-state index contributed by atoms with van der Waals surface area (Å²) in [5.74, 6) is -0.126. The Morgan fingerprint density at radius 1 is 1.39 bits per heavy atom. The zero-order valence-electron chi connectivity index (χ0n) is 10.2. The lowest BCUT2D eigenvalue weighted by Gasteiger charge is -2.09. The molecule has 0 bridgehead atoms. The molecule has 1 aromatic carbocycles. The van der Waals surface area contributed by atoms with Gasteiger partial charge in [-0.3, -0.25) is 9.78 Å². The number of rotatable bonds is 4. The fourth-order valence-electron chi connectivity index (χ4n) is 1.73. The second kappa shape index (κ2) is 5.83. The molecular formula is C14H15ClN2O. The first-order valence-electron chi connectivity index (χ1n) is 5.98. The van der Waals surface area contributed by atoms with E-state index >= 15 is 0 Å². The number of alkyl halides is 1. The van der Waals surface area contributed by atoms with E-state index in [1.165, 1.54) is 0 Å². The standard InChI is InChI=1S/C14H15ClN2O/c1-2-11(15)9-17-14(18)12-7-3-5-10-6-4-8-16-13(10)12/h3-8,11H,2,9H2,1H3,(H,17,18). The molecule has 1 aromatic heterocycles. The van der Waals surface area contributed by atoms with Crippen LogP contribution in [0.4, 0.5) is 0 Å². The van der Waals surface area contributed by atoms with Gasteiger partial charge in [-0.25, -0.2) is 0 Å². The molecule has 1 amide bonds. The van der Waals surface area contributed by atoms with E-state index in [1.807, 2.05) is 31.2 Å². The van der Waals surface area contributed by atoms with Gasteiger partial charge < -0.3 is 5.32 Å². The molecule has 0 aliphatic heterocycles. The van der Waals surface area contributed by atoms with E-state index in [9.17, 15) is 4.79 Å². The first-order valence-corrected chi connectivity index (χ1v) is 6.42. The summed E-state index contributed by atoms with van der Waals surface area (Å²) in [6.45, 7) is 2.46. The highest BCUT2D eigenvalue weighted by Crippen LogP contribution is 2.15. The molecule has 0 spiro atoms. The van der Waals surface area contributed by atoms with E-state index in [0.29, 0.717) is 12.1 Å². The predicted molar refractivity (Wildman–Crippen MR) is 74.0 cm³/mol. The summed E-state index contributed by atoms with van der Waals surface area (Å²) < 4.78 is 0. The fourth-order valence-corrected chi connectivity index (χ4v) is 1.81. The number of carbonyl (C=O) groups excluding carboxylic acids is 1. The van der Waals surface area contributed by atoms with Gasteiger partial charge in [0.2, 0.25) is 0 Å². The Morgan fingerprint density at radius 3 is 2.94 bits per heavy atom. The molecule has 0 aliphatic carbocycles. The molecule has 18 heavy (non-hydrogen) atoms. The van der Waals surface area contributed by atoms with Crippen LogP contribution < -0.4 is 5.32 Å². The third-order valence-electron chi connectivity index (χ3n) is 2.80. The summed E-state index contributed by atoms with van der Waals surface area (Å²) in [6.07, 6.45) is 2.52. The molecule has 2 rings (SSSR count). The zero-order valence-corrected chi connectivity index (χ0v) is 10.9. The van der Waals surface area contributed by atoms with Crippen LogP contribution in [0.2, 0.25) is 0 Å². The number of hydrogen-bond donors (Lipinski definition) is 1. The molecule has 1 heterocycles. The third-order valence-corrected chi connectivity index (χ3v) is 3.27. The Bertz CT molecular complexity index is 551. The highest BCUT2D eigenvalue weighted by Gasteiger charge is 2.11. The minimum atomic E-state index is -0.126. The van der Waals surface area contributed by atoms with Crippen molar-refractivity contribution in [3.63, 3.8) is 0 Å². The maximum absolute atomic E-state index is 12.1. The zero-order chi connectivity index (χ0) is 13.0. The Balaban J connectivity index is 2.22. The summed E-state index contributed by atoms with van der Waals surface area (Å²) >= 11 is 5.98. The van der Waals surface area contributed by atoms with Gasteiger partial charge in [-0.2, -0.15) is 0 Å². The molecule has 94 valence electrons. The van der Waals surface area contributed by atoms with E-state index in [2.05, 4.69) is 10.3 Å². The summed E-state index contributed by atoms with van der Waals surface area (Å²) in [5.41, 5.74) is 1.31. The van der Waals surface area contributed by atoms with Gasteiger partial charge in [0.25, 0.3) is 5.91 Å². The number of halogens is 1. The molecule has 0 radical (unpaired) electrons. The molecule has 1 N–H and O–H groups in total. The largest absolute Gasteiger partial charge is 0.350 e. The topological polar surface area (TPSA) is 42.0 Å². The Labute approximate surface area is 111 Å². The molecule has 0 saturated heterocycles. The smallest absolute Gasteiger partial charge is 0.253 e. The minimum Gasteiger partial charge on any atom is -0.350 e. The van der Waals surface area contributed by atoms with Crippen LogP contribution in [0.15, 0.2) is 36.5 Å². The SMILES string of the molecule is CCC(Cl)CNC(=O)c1cccc2cccnc12. The summed E-state index contributed by atoms with van der Waals surface area (Å²) in [7, 11) is 0. The summed E-state index contributed by atoms with van der Waals surface area (Å²) in [4.78, 5) is 16.3. The lowest BCUT2D eigenvalue weighted by atomic mass is 10.1. The van der Waals surface area contributed by atoms with Gasteiger partial charge in [-0.1, -0.05) is 25.1 Å². The normalized spacial score (nSPS) is 12.3. The van der Waals surface area contributed by atoms with Crippen molar-refractivity contribution in [1.29, 1.82) is 0 Å². The maximum Gasteiger partial charge on any atom is 0.253 e. The van der Waals surface area contributed by atoms with Gasteiger partial charge in [-0.15, -0.1) is 11.6 Å². The van der Waals surface area contributed by atoms with Gasteiger partial charge >= 0.3 is 0 Å². The molecule has 0 fully saturated rings. The van der Waals surface area contributed by atoms with Crippen LogP contribution in [0.3, 0.4) is 0 Å². The van der Waals surface area contributed by atoms with Crippen LogP contribution in [-0.2, 0) is 0 Å². The van der Waals surface area contributed by atoms with Crippen molar-refractivity contribution in [2.24, 2.45) is 0 Å². The van der Waals surface area contributed by atoms with Crippen LogP contribution in [0.5, 0.6) is 0 Å². The monoisotopic (exact) mass is 262 g/mol. The highest BCUT2D eigenvalue weighted by molar-refractivity contribution is 6.21. The number of hydrogen-bond acceptors (Lipinski definition) is 2. The van der Waals surface area contributed by atoms with Crippen molar-refractivity contribution in [3.05, 3.63) is 42.1 Å². The van der Waals surface area contributed by atoms with Crippen molar-refractivity contribution >= 4 is 28.4 Å². The first-order chi connectivity index (χ1) is 8.72. The average Bonchev–Trinajstić information content (AvgIpc) is 2.43. The van der Waals surface area contributed by atoms with Crippen LogP contribution >= 0.6 is 11.6 Å². The minimum absolute atomic E-state index is 0.0307. The second-order valence-corrected chi connectivity index (χ2v) is 4.71. The van der Waals surface area contributed by atoms with Gasteiger partial charge in [0, 0.05) is 18.1 Å². The lowest BCUT2D eigenvalue weighted by molar-refractivity contribution is 0.0955. The van der Waals surface area contributed by atoms with Crippen molar-refractivity contribution in [2.75, 3.05) is 6.54 Å². The van der Waals surface area contributed by atoms with Crippen molar-refractivity contribution < 1.29 is 4.79 Å². The lowest BCUT2D eigenvalue weighted by Crippen LogP contribution is -2.29. The Morgan fingerprint density at radius 2 is 2.17 bits per heavy atom. The molecule has 3 nitrogen and oxygen atoms in total. The van der Waals surface area contributed by atoms with Gasteiger partial charge in [-0.05, 0) is 18.6 Å². The molecule has 4 heteroatoms. The fraction of sp³-hybridized carbons (Fsp3) is 0.286. The number of amides is 1. The average molecular weight is 263 g/mol. The molecule has 0 saturated carbocycles. The van der Waals surface area contributed by atoms with Gasteiger partial charge in [0.1, 0.15) is 0 Å². The predicted octanol–water partition coefficient (Wildman–Crippen LogP) is 2.98. The third kappa shape index (κ3) is 2.79. The van der Waals surface area contributed by atoms with Crippen LogP contribution in [0.25, 0.3) is 10.9 Å². The number of benzene rings is 1. The number of fused-ring (bicyclic) bond motifs is 1. The van der Waals surface area contributed by atoms with E-state index in [0.717, 1.165) is 17.3 Å². The van der Waals surface area contributed by atoms with Gasteiger partial charge in [0.15, 0.2) is 0 Å². The number of aromatic nitrogens is 1. The number of carbonyl (C=O) groups is 1. The Hall–Kier alpha value is -1.61. The van der Waals surface area contributed by atoms with E-state index in [-0.39, 0.29) is 11.3 Å². The quantitative estimate of drug-likeness (QED) is 0.861. The van der Waals surface area contributed by atoms with Crippen molar-refractivity contribution in [1.82, 2.24) is 10.3 Å². The summed E-state index contributed by atoms with van der Waals surface area (Å²) in [6, 6.07) is 9.37. The van der Waals surface area contributed by atoms with Crippen LogP contribution in [-0.4, -0.2) is 22.8 Å². The van der Waals surface area contributed by atoms with Crippen LogP contribution in [0.1, 0.15) is 23.7 Å². The number of nitrogens with zero attached hydrogens (tertiary/aromatic N) is 1. The molecule has 1 unspecified atom stereocenters. The number of pyridine rings is 1. The van der Waals surface area contributed by atoms with E-state index in [4.69, 9.17) is 11.6 Å². The molecule has 1 atom stereocenters. The highest BCUT2D eigenvalue weighted by atomic mass is 35.5. The number of para-hydroxylation sites is 1. The van der Waals surface area contributed by atoms with Crippen molar-refractivity contribution in [3.8, 4) is 0 Å². The second-order valence-electron chi connectivity index (χ2n) is 4.10. The summed E-state index contributed by atoms with van der Waals surface area (Å²) in [5, 5.41) is 3.76. The molecular weight excluding hydrogens is 248 g/mol. The Kier molecular flexibility index (Phi) is 4.15. The van der Waals surface area contributed by atoms with E-state index in [1.54, 1.807) is 12.3 Å².